The molecule has 0 aliphatic rings. The standard InChI is InChI=1S/C12H15N3S/c1-8(13)7-11-9(2)15-12(16-11)10-3-5-14-6-4-10/h3-6,8H,7,13H2,1-2H3. The van der Waals surface area contributed by atoms with Crippen LogP contribution < -0.4 is 5.73 Å². The van der Waals surface area contributed by atoms with Crippen molar-refractivity contribution in [3.8, 4) is 10.6 Å². The molecule has 0 amide bonds. The third-order valence-corrected chi connectivity index (χ3v) is 3.56. The van der Waals surface area contributed by atoms with Crippen molar-refractivity contribution in [1.29, 1.82) is 0 Å². The van der Waals surface area contributed by atoms with Gasteiger partial charge < -0.3 is 5.73 Å². The Kier molecular flexibility index (Phi) is 3.31. The summed E-state index contributed by atoms with van der Waals surface area (Å²) in [6, 6.07) is 4.14. The van der Waals surface area contributed by atoms with Crippen molar-refractivity contribution < 1.29 is 0 Å². The van der Waals surface area contributed by atoms with E-state index < -0.39 is 0 Å². The van der Waals surface area contributed by atoms with Gasteiger partial charge in [0.25, 0.3) is 0 Å². The molecule has 2 heterocycles. The van der Waals surface area contributed by atoms with E-state index >= 15 is 0 Å². The summed E-state index contributed by atoms with van der Waals surface area (Å²) < 4.78 is 0. The lowest BCUT2D eigenvalue weighted by atomic mass is 10.2. The van der Waals surface area contributed by atoms with Gasteiger partial charge in [-0.3, -0.25) is 4.98 Å². The van der Waals surface area contributed by atoms with Gasteiger partial charge in [0, 0.05) is 28.9 Å². The number of aromatic nitrogens is 2. The molecule has 3 nitrogen and oxygen atoms in total. The molecule has 2 aromatic rings. The van der Waals surface area contributed by atoms with Crippen LogP contribution >= 0.6 is 11.3 Å². The number of hydrogen-bond donors (Lipinski definition) is 1. The van der Waals surface area contributed by atoms with E-state index in [0.717, 1.165) is 22.7 Å². The Morgan fingerprint density at radius 1 is 1.38 bits per heavy atom. The molecule has 0 aliphatic carbocycles. The van der Waals surface area contributed by atoms with E-state index in [9.17, 15) is 0 Å². The highest BCUT2D eigenvalue weighted by Crippen LogP contribution is 2.27. The normalized spacial score (nSPS) is 12.7. The Labute approximate surface area is 99.4 Å². The summed E-state index contributed by atoms with van der Waals surface area (Å²) in [5.74, 6) is 0. The monoisotopic (exact) mass is 233 g/mol. The Morgan fingerprint density at radius 3 is 2.69 bits per heavy atom. The zero-order valence-corrected chi connectivity index (χ0v) is 10.3. The van der Waals surface area contributed by atoms with Crippen LogP contribution in [0, 0.1) is 6.92 Å². The molecule has 0 aliphatic heterocycles. The van der Waals surface area contributed by atoms with Crippen molar-refractivity contribution in [3.63, 3.8) is 0 Å². The zero-order chi connectivity index (χ0) is 11.5. The number of rotatable bonds is 3. The molecule has 0 spiro atoms. The Bertz CT molecular complexity index is 462. The zero-order valence-electron chi connectivity index (χ0n) is 9.47. The maximum Gasteiger partial charge on any atom is 0.123 e. The number of nitrogens with two attached hydrogens (primary N) is 1. The Balaban J connectivity index is 2.31. The topological polar surface area (TPSA) is 51.8 Å². The summed E-state index contributed by atoms with van der Waals surface area (Å²) in [6.07, 6.45) is 4.48. The average Bonchev–Trinajstić information content (AvgIpc) is 2.61. The van der Waals surface area contributed by atoms with Crippen LogP contribution in [0.15, 0.2) is 24.5 Å². The molecule has 2 rings (SSSR count). The van der Waals surface area contributed by atoms with Gasteiger partial charge >= 0.3 is 0 Å². The van der Waals surface area contributed by atoms with Crippen LogP contribution in [0.1, 0.15) is 17.5 Å². The molecular formula is C12H15N3S. The predicted octanol–water partition coefficient (Wildman–Crippen LogP) is 2.40. The van der Waals surface area contributed by atoms with Gasteiger partial charge in [0.2, 0.25) is 0 Å². The molecule has 2 N–H and O–H groups in total. The van der Waals surface area contributed by atoms with Crippen LogP contribution in [-0.2, 0) is 6.42 Å². The van der Waals surface area contributed by atoms with Gasteiger partial charge in [-0.2, -0.15) is 0 Å². The largest absolute Gasteiger partial charge is 0.328 e. The number of aryl methyl sites for hydroxylation is 1. The first-order chi connectivity index (χ1) is 7.66. The third-order valence-electron chi connectivity index (χ3n) is 2.33. The first-order valence-electron chi connectivity index (χ1n) is 5.29. The van der Waals surface area contributed by atoms with E-state index in [1.165, 1.54) is 4.88 Å². The molecule has 0 bridgehead atoms. The van der Waals surface area contributed by atoms with E-state index in [2.05, 4.69) is 9.97 Å². The van der Waals surface area contributed by atoms with E-state index in [-0.39, 0.29) is 6.04 Å². The Morgan fingerprint density at radius 2 is 2.06 bits per heavy atom. The lowest BCUT2D eigenvalue weighted by Crippen LogP contribution is -2.17. The summed E-state index contributed by atoms with van der Waals surface area (Å²) in [4.78, 5) is 9.85. The maximum atomic E-state index is 5.81. The summed E-state index contributed by atoms with van der Waals surface area (Å²) >= 11 is 1.72. The van der Waals surface area contributed by atoms with Crippen LogP contribution in [0.2, 0.25) is 0 Å². The van der Waals surface area contributed by atoms with Crippen molar-refractivity contribution >= 4 is 11.3 Å². The molecular weight excluding hydrogens is 218 g/mol. The summed E-state index contributed by atoms with van der Waals surface area (Å²) in [5.41, 5.74) is 8.03. The van der Waals surface area contributed by atoms with Gasteiger partial charge in [-0.15, -0.1) is 11.3 Å². The van der Waals surface area contributed by atoms with Crippen LogP contribution in [-0.4, -0.2) is 16.0 Å². The molecule has 0 fully saturated rings. The fourth-order valence-electron chi connectivity index (χ4n) is 1.53. The van der Waals surface area contributed by atoms with Gasteiger partial charge in [-0.05, 0) is 32.4 Å². The van der Waals surface area contributed by atoms with E-state index in [1.54, 1.807) is 23.7 Å². The molecule has 1 atom stereocenters. The molecule has 2 aromatic heterocycles. The van der Waals surface area contributed by atoms with Gasteiger partial charge in [0.1, 0.15) is 5.01 Å². The number of hydrogen-bond acceptors (Lipinski definition) is 4. The average molecular weight is 233 g/mol. The van der Waals surface area contributed by atoms with Crippen molar-refractivity contribution in [1.82, 2.24) is 9.97 Å². The number of pyridine rings is 1. The van der Waals surface area contributed by atoms with E-state index in [4.69, 9.17) is 5.73 Å². The fourth-order valence-corrected chi connectivity index (χ4v) is 2.74. The van der Waals surface area contributed by atoms with Gasteiger partial charge in [-0.25, -0.2) is 4.98 Å². The maximum absolute atomic E-state index is 5.81. The number of nitrogens with zero attached hydrogens (tertiary/aromatic N) is 2. The quantitative estimate of drug-likeness (QED) is 0.885. The molecule has 0 saturated carbocycles. The minimum atomic E-state index is 0.185. The SMILES string of the molecule is Cc1nc(-c2ccncc2)sc1CC(C)N. The van der Waals surface area contributed by atoms with Crippen LogP contribution in [0.5, 0.6) is 0 Å². The second-order valence-electron chi connectivity index (χ2n) is 3.94. The summed E-state index contributed by atoms with van der Waals surface area (Å²) in [6.45, 7) is 4.06. The van der Waals surface area contributed by atoms with Gasteiger partial charge in [-0.1, -0.05) is 0 Å². The Hall–Kier alpha value is -1.26. The highest BCUT2D eigenvalue weighted by molar-refractivity contribution is 7.15. The highest BCUT2D eigenvalue weighted by atomic mass is 32.1. The lowest BCUT2D eigenvalue weighted by Gasteiger charge is -2.01. The van der Waals surface area contributed by atoms with Gasteiger partial charge in [0.05, 0.1) is 5.69 Å². The molecule has 84 valence electrons. The molecule has 0 aromatic carbocycles. The minimum absolute atomic E-state index is 0.185. The van der Waals surface area contributed by atoms with Gasteiger partial charge in [0.15, 0.2) is 0 Å². The summed E-state index contributed by atoms with van der Waals surface area (Å²) in [5, 5.41) is 1.05. The highest BCUT2D eigenvalue weighted by Gasteiger charge is 2.10. The van der Waals surface area contributed by atoms with Crippen molar-refractivity contribution in [3.05, 3.63) is 35.1 Å². The van der Waals surface area contributed by atoms with Crippen LogP contribution in [0.4, 0.5) is 0 Å². The number of thiazole rings is 1. The predicted molar refractivity (Wildman–Crippen MR) is 67.4 cm³/mol. The smallest absolute Gasteiger partial charge is 0.123 e. The third kappa shape index (κ3) is 2.46. The second-order valence-corrected chi connectivity index (χ2v) is 5.03. The second kappa shape index (κ2) is 4.72. The van der Waals surface area contributed by atoms with E-state index in [0.29, 0.717) is 0 Å². The first kappa shape index (κ1) is 11.2. The molecule has 0 radical (unpaired) electrons. The molecule has 4 heteroatoms. The fraction of sp³-hybridized carbons (Fsp3) is 0.333. The van der Waals surface area contributed by atoms with Crippen molar-refractivity contribution in [2.75, 3.05) is 0 Å². The first-order valence-corrected chi connectivity index (χ1v) is 6.10. The molecule has 0 saturated heterocycles. The van der Waals surface area contributed by atoms with Crippen LogP contribution in [0.3, 0.4) is 0 Å². The van der Waals surface area contributed by atoms with Crippen molar-refractivity contribution in [2.24, 2.45) is 5.73 Å². The molecule has 16 heavy (non-hydrogen) atoms. The summed E-state index contributed by atoms with van der Waals surface area (Å²) in [7, 11) is 0. The minimum Gasteiger partial charge on any atom is -0.328 e. The van der Waals surface area contributed by atoms with Crippen molar-refractivity contribution in [2.45, 2.75) is 26.3 Å². The lowest BCUT2D eigenvalue weighted by molar-refractivity contribution is 0.742. The van der Waals surface area contributed by atoms with Crippen LogP contribution in [0.25, 0.3) is 10.6 Å². The van der Waals surface area contributed by atoms with E-state index in [1.807, 2.05) is 26.0 Å². The molecule has 1 unspecified atom stereocenters.